The van der Waals surface area contributed by atoms with Crippen LogP contribution in [0.3, 0.4) is 0 Å². The van der Waals surface area contributed by atoms with E-state index in [4.69, 9.17) is 4.74 Å². The fraction of sp³-hybridized carbons (Fsp3) is 0.667. The highest BCUT2D eigenvalue weighted by Gasteiger charge is 2.31. The van der Waals surface area contributed by atoms with E-state index in [1.165, 1.54) is 6.42 Å². The van der Waals surface area contributed by atoms with Gasteiger partial charge >= 0.3 is 0 Å². The molecule has 1 saturated carbocycles. The van der Waals surface area contributed by atoms with E-state index in [1.54, 1.807) is 19.5 Å². The molecule has 0 amide bonds. The van der Waals surface area contributed by atoms with Gasteiger partial charge in [-0.2, -0.15) is 0 Å². The van der Waals surface area contributed by atoms with E-state index in [2.05, 4.69) is 15.3 Å². The van der Waals surface area contributed by atoms with Crippen LogP contribution < -0.4 is 10.1 Å². The molecule has 1 fully saturated rings. The number of aromatic nitrogens is 2. The molecule has 17 heavy (non-hydrogen) atoms. The number of anilines is 1. The standard InChI is InChI=1S/C12H19N3O2/c1-17-10-7-13-11(14-8-10)15-12(9-16)5-3-2-4-6-12/h7-8,16H,2-6,9H2,1H3,(H,13,14,15). The minimum atomic E-state index is -0.243. The SMILES string of the molecule is COc1cnc(NC2(CO)CCCCC2)nc1. The molecule has 1 heterocycles. The summed E-state index contributed by atoms with van der Waals surface area (Å²) in [6, 6.07) is 0. The highest BCUT2D eigenvalue weighted by molar-refractivity contribution is 5.31. The molecule has 0 unspecified atom stereocenters. The Kier molecular flexibility index (Phi) is 3.78. The van der Waals surface area contributed by atoms with Gasteiger partial charge in [-0.05, 0) is 12.8 Å². The minimum Gasteiger partial charge on any atom is -0.494 e. The zero-order valence-corrected chi connectivity index (χ0v) is 10.1. The van der Waals surface area contributed by atoms with Crippen LogP contribution in [-0.2, 0) is 0 Å². The van der Waals surface area contributed by atoms with Crippen molar-refractivity contribution in [2.75, 3.05) is 19.0 Å². The summed E-state index contributed by atoms with van der Waals surface area (Å²) in [4.78, 5) is 8.36. The summed E-state index contributed by atoms with van der Waals surface area (Å²) < 4.78 is 5.01. The number of aliphatic hydroxyl groups is 1. The first-order valence-corrected chi connectivity index (χ1v) is 6.03. The molecule has 1 aliphatic carbocycles. The van der Waals surface area contributed by atoms with Crippen molar-refractivity contribution in [1.82, 2.24) is 9.97 Å². The third-order valence-corrected chi connectivity index (χ3v) is 3.35. The highest BCUT2D eigenvalue weighted by Crippen LogP contribution is 2.30. The largest absolute Gasteiger partial charge is 0.494 e. The molecular weight excluding hydrogens is 218 g/mol. The van der Waals surface area contributed by atoms with Crippen molar-refractivity contribution in [3.05, 3.63) is 12.4 Å². The molecular formula is C12H19N3O2. The first kappa shape index (κ1) is 12.1. The van der Waals surface area contributed by atoms with Gasteiger partial charge in [-0.15, -0.1) is 0 Å². The van der Waals surface area contributed by atoms with Gasteiger partial charge in [0.25, 0.3) is 0 Å². The Labute approximate surface area is 101 Å². The maximum Gasteiger partial charge on any atom is 0.223 e. The zero-order chi connectivity index (χ0) is 12.1. The lowest BCUT2D eigenvalue weighted by Gasteiger charge is -2.36. The normalized spacial score (nSPS) is 18.7. The summed E-state index contributed by atoms with van der Waals surface area (Å²) in [6.07, 6.45) is 8.73. The maximum atomic E-state index is 9.56. The second-order valence-corrected chi connectivity index (χ2v) is 4.57. The summed E-state index contributed by atoms with van der Waals surface area (Å²) in [7, 11) is 1.59. The van der Waals surface area contributed by atoms with E-state index in [0.29, 0.717) is 11.7 Å². The molecule has 1 aliphatic rings. The predicted octanol–water partition coefficient (Wildman–Crippen LogP) is 1.59. The van der Waals surface area contributed by atoms with Gasteiger partial charge in [-0.1, -0.05) is 19.3 Å². The van der Waals surface area contributed by atoms with Crippen LogP contribution in [-0.4, -0.2) is 34.3 Å². The smallest absolute Gasteiger partial charge is 0.223 e. The third kappa shape index (κ3) is 2.85. The van der Waals surface area contributed by atoms with E-state index in [0.717, 1.165) is 25.7 Å². The van der Waals surface area contributed by atoms with Crippen molar-refractivity contribution in [3.8, 4) is 5.75 Å². The molecule has 0 spiro atoms. The van der Waals surface area contributed by atoms with Gasteiger partial charge in [0.2, 0.25) is 5.95 Å². The van der Waals surface area contributed by atoms with Crippen LogP contribution in [0, 0.1) is 0 Å². The second kappa shape index (κ2) is 5.31. The summed E-state index contributed by atoms with van der Waals surface area (Å²) >= 11 is 0. The first-order chi connectivity index (χ1) is 8.28. The monoisotopic (exact) mass is 237 g/mol. The van der Waals surface area contributed by atoms with Crippen molar-refractivity contribution in [2.45, 2.75) is 37.6 Å². The van der Waals surface area contributed by atoms with Crippen LogP contribution in [0.4, 0.5) is 5.95 Å². The Bertz CT molecular complexity index is 347. The molecule has 2 rings (SSSR count). The number of nitrogens with one attached hydrogen (secondary N) is 1. The average molecular weight is 237 g/mol. The van der Waals surface area contributed by atoms with Gasteiger partial charge in [0, 0.05) is 0 Å². The number of rotatable bonds is 4. The fourth-order valence-corrected chi connectivity index (χ4v) is 2.27. The van der Waals surface area contributed by atoms with E-state index >= 15 is 0 Å². The molecule has 2 N–H and O–H groups in total. The molecule has 0 aliphatic heterocycles. The molecule has 0 atom stereocenters. The number of aliphatic hydroxyl groups excluding tert-OH is 1. The van der Waals surface area contributed by atoms with E-state index < -0.39 is 0 Å². The molecule has 5 nitrogen and oxygen atoms in total. The summed E-state index contributed by atoms with van der Waals surface area (Å²) in [5.74, 6) is 1.19. The third-order valence-electron chi connectivity index (χ3n) is 3.35. The number of hydrogen-bond acceptors (Lipinski definition) is 5. The lowest BCUT2D eigenvalue weighted by molar-refractivity contribution is 0.172. The highest BCUT2D eigenvalue weighted by atomic mass is 16.5. The molecule has 0 bridgehead atoms. The van der Waals surface area contributed by atoms with Crippen molar-refractivity contribution in [3.63, 3.8) is 0 Å². The Morgan fingerprint density at radius 3 is 2.47 bits per heavy atom. The number of hydrogen-bond donors (Lipinski definition) is 2. The zero-order valence-electron chi connectivity index (χ0n) is 10.1. The van der Waals surface area contributed by atoms with Crippen molar-refractivity contribution in [1.29, 1.82) is 0 Å². The lowest BCUT2D eigenvalue weighted by atomic mass is 9.82. The Balaban J connectivity index is 2.06. The predicted molar refractivity (Wildman–Crippen MR) is 65.1 cm³/mol. The Hall–Kier alpha value is -1.36. The van der Waals surface area contributed by atoms with Crippen molar-refractivity contribution < 1.29 is 9.84 Å². The van der Waals surface area contributed by atoms with Crippen LogP contribution in [0.25, 0.3) is 0 Å². The van der Waals surface area contributed by atoms with E-state index in [1.807, 2.05) is 0 Å². The van der Waals surface area contributed by atoms with Crippen molar-refractivity contribution in [2.24, 2.45) is 0 Å². The number of nitrogens with zero attached hydrogens (tertiary/aromatic N) is 2. The van der Waals surface area contributed by atoms with Crippen LogP contribution >= 0.6 is 0 Å². The van der Waals surface area contributed by atoms with Crippen molar-refractivity contribution >= 4 is 5.95 Å². The van der Waals surface area contributed by atoms with E-state index in [-0.39, 0.29) is 12.1 Å². The second-order valence-electron chi connectivity index (χ2n) is 4.57. The Morgan fingerprint density at radius 2 is 1.94 bits per heavy atom. The average Bonchev–Trinajstić information content (AvgIpc) is 2.41. The minimum absolute atomic E-state index is 0.127. The van der Waals surface area contributed by atoms with E-state index in [9.17, 15) is 5.11 Å². The first-order valence-electron chi connectivity index (χ1n) is 6.03. The topological polar surface area (TPSA) is 67.3 Å². The van der Waals surface area contributed by atoms with Crippen LogP contribution in [0.1, 0.15) is 32.1 Å². The number of ether oxygens (including phenoxy) is 1. The van der Waals surface area contributed by atoms with Gasteiger partial charge in [0.15, 0.2) is 5.75 Å². The van der Waals surface area contributed by atoms with Crippen LogP contribution in [0.5, 0.6) is 5.75 Å². The lowest BCUT2D eigenvalue weighted by Crippen LogP contribution is -2.44. The van der Waals surface area contributed by atoms with Crippen LogP contribution in [0.15, 0.2) is 12.4 Å². The van der Waals surface area contributed by atoms with Gasteiger partial charge in [0.1, 0.15) is 0 Å². The molecule has 5 heteroatoms. The maximum absolute atomic E-state index is 9.56. The van der Waals surface area contributed by atoms with Gasteiger partial charge in [0.05, 0.1) is 31.6 Å². The summed E-state index contributed by atoms with van der Waals surface area (Å²) in [5.41, 5.74) is -0.243. The fourth-order valence-electron chi connectivity index (χ4n) is 2.27. The Morgan fingerprint density at radius 1 is 1.29 bits per heavy atom. The summed E-state index contributed by atoms with van der Waals surface area (Å²) in [5, 5.41) is 12.8. The summed E-state index contributed by atoms with van der Waals surface area (Å²) in [6.45, 7) is 0.127. The molecule has 1 aromatic heterocycles. The quantitative estimate of drug-likeness (QED) is 0.832. The molecule has 0 aromatic carbocycles. The van der Waals surface area contributed by atoms with Gasteiger partial charge in [-0.25, -0.2) is 9.97 Å². The number of methoxy groups -OCH3 is 1. The van der Waals surface area contributed by atoms with Gasteiger partial charge < -0.3 is 15.2 Å². The van der Waals surface area contributed by atoms with Gasteiger partial charge in [-0.3, -0.25) is 0 Å². The molecule has 94 valence electrons. The molecule has 1 aromatic rings. The molecule has 0 radical (unpaired) electrons. The molecule has 0 saturated heterocycles. The van der Waals surface area contributed by atoms with Crippen LogP contribution in [0.2, 0.25) is 0 Å².